The third-order valence-corrected chi connectivity index (χ3v) is 0.784. The molecule has 0 saturated heterocycles. The maximum atomic E-state index is 10.4. The molecule has 0 rings (SSSR count). The van der Waals surface area contributed by atoms with Crippen LogP contribution in [0.3, 0.4) is 0 Å². The number of carbonyl (C=O) groups is 1. The van der Waals surface area contributed by atoms with Crippen molar-refractivity contribution in [2.75, 3.05) is 0 Å². The van der Waals surface area contributed by atoms with Crippen molar-refractivity contribution in [3.8, 4) is 0 Å². The fourth-order valence-electron chi connectivity index (χ4n) is 0.145. The van der Waals surface area contributed by atoms with Gasteiger partial charge in [-0.05, 0) is 11.3 Å². The van der Waals surface area contributed by atoms with E-state index in [9.17, 15) is 13.2 Å². The summed E-state index contributed by atoms with van der Waals surface area (Å²) in [6.45, 7) is 4.41. The summed E-state index contributed by atoms with van der Waals surface area (Å²) in [6.07, 6.45) is 0. The van der Waals surface area contributed by atoms with E-state index in [1.807, 2.05) is 0 Å². The lowest BCUT2D eigenvalue weighted by Gasteiger charge is -1.97. The van der Waals surface area contributed by atoms with Crippen LogP contribution in [0.4, 0.5) is 0 Å². The van der Waals surface area contributed by atoms with E-state index >= 15 is 0 Å². The van der Waals surface area contributed by atoms with Crippen molar-refractivity contribution >= 4 is 16.4 Å². The minimum Gasteiger partial charge on any atom is -0.275 e. The molecular formula is C4H6O6S. The largest absolute Gasteiger partial charge is 0.432 e. The zero-order chi connectivity index (χ0) is 9.07. The maximum absolute atomic E-state index is 10.4. The summed E-state index contributed by atoms with van der Waals surface area (Å²) in [5.74, 6) is -1.07. The van der Waals surface area contributed by atoms with E-state index in [0.717, 1.165) is 0 Å². The van der Waals surface area contributed by atoms with Gasteiger partial charge >= 0.3 is 16.4 Å². The van der Waals surface area contributed by atoms with E-state index in [2.05, 4.69) is 15.8 Å². The fourth-order valence-corrected chi connectivity index (χ4v) is 0.293. The Hall–Kier alpha value is -0.920. The first-order chi connectivity index (χ1) is 4.83. The second-order valence-electron chi connectivity index (χ2n) is 1.65. The van der Waals surface area contributed by atoms with E-state index in [4.69, 9.17) is 4.55 Å². The first-order valence-electron chi connectivity index (χ1n) is 2.36. The third kappa shape index (κ3) is 5.52. The van der Waals surface area contributed by atoms with Crippen LogP contribution in [0, 0.1) is 0 Å². The molecule has 0 fully saturated rings. The van der Waals surface area contributed by atoms with Crippen molar-refractivity contribution in [1.29, 1.82) is 0 Å². The molecule has 0 aromatic rings. The molecule has 0 heterocycles. The molecule has 0 amide bonds. The Bertz CT molecular complexity index is 262. The number of rotatable bonds is 3. The summed E-state index contributed by atoms with van der Waals surface area (Å²) in [7, 11) is -4.74. The van der Waals surface area contributed by atoms with Gasteiger partial charge in [0.25, 0.3) is 0 Å². The Morgan fingerprint density at radius 1 is 1.55 bits per heavy atom. The van der Waals surface area contributed by atoms with Crippen molar-refractivity contribution in [3.63, 3.8) is 0 Å². The van der Waals surface area contributed by atoms with Gasteiger partial charge in [-0.15, -0.1) is 0 Å². The summed E-state index contributed by atoms with van der Waals surface area (Å²) in [5.41, 5.74) is -0.0475. The number of hydrogen-bond donors (Lipinski definition) is 1. The number of hydrogen-bond acceptors (Lipinski definition) is 5. The molecule has 7 heteroatoms. The van der Waals surface area contributed by atoms with Crippen molar-refractivity contribution < 1.29 is 27.0 Å². The van der Waals surface area contributed by atoms with Crippen LogP contribution in [0.15, 0.2) is 12.2 Å². The molecule has 1 N–H and O–H groups in total. The molecule has 0 spiro atoms. The van der Waals surface area contributed by atoms with Crippen LogP contribution in [0.25, 0.3) is 0 Å². The SMILES string of the molecule is C=C(C)C(=O)OOS(=O)(=O)O. The molecule has 0 aromatic carbocycles. The predicted octanol–water partition coefficient (Wildman–Crippen LogP) is -0.160. The van der Waals surface area contributed by atoms with Gasteiger partial charge in [0.15, 0.2) is 0 Å². The Morgan fingerprint density at radius 2 is 2.00 bits per heavy atom. The molecule has 0 saturated carbocycles. The van der Waals surface area contributed by atoms with Crippen LogP contribution < -0.4 is 0 Å². The topological polar surface area (TPSA) is 89.9 Å². The highest BCUT2D eigenvalue weighted by Crippen LogP contribution is 1.95. The Balaban J connectivity index is 3.92. The molecule has 0 aliphatic rings. The van der Waals surface area contributed by atoms with Crippen LogP contribution in [-0.2, 0) is 24.4 Å². The highest BCUT2D eigenvalue weighted by Gasteiger charge is 2.11. The molecule has 0 aliphatic carbocycles. The van der Waals surface area contributed by atoms with Gasteiger partial charge in [0, 0.05) is 5.57 Å². The monoisotopic (exact) mass is 182 g/mol. The zero-order valence-corrected chi connectivity index (χ0v) is 6.42. The van der Waals surface area contributed by atoms with E-state index in [1.165, 1.54) is 6.92 Å². The third-order valence-electron chi connectivity index (χ3n) is 0.544. The van der Waals surface area contributed by atoms with Crippen molar-refractivity contribution in [2.24, 2.45) is 0 Å². The Kier molecular flexibility index (Phi) is 3.18. The van der Waals surface area contributed by atoms with Gasteiger partial charge in [-0.1, -0.05) is 6.58 Å². The lowest BCUT2D eigenvalue weighted by molar-refractivity contribution is -0.209. The summed E-state index contributed by atoms with van der Waals surface area (Å²) in [4.78, 5) is 14.0. The highest BCUT2D eigenvalue weighted by molar-refractivity contribution is 7.80. The molecule has 0 unspecified atom stereocenters. The van der Waals surface area contributed by atoms with Crippen molar-refractivity contribution in [3.05, 3.63) is 12.2 Å². The highest BCUT2D eigenvalue weighted by atomic mass is 32.3. The van der Waals surface area contributed by atoms with Crippen LogP contribution in [0.5, 0.6) is 0 Å². The standard InChI is InChI=1S/C4H6O6S/c1-3(2)4(5)9-10-11(6,7)8/h1H2,2H3,(H,6,7,8). The summed E-state index contributed by atoms with van der Waals surface area (Å²) in [5, 5.41) is 0. The minimum atomic E-state index is -4.74. The summed E-state index contributed by atoms with van der Waals surface area (Å²) in [6, 6.07) is 0. The second-order valence-corrected chi connectivity index (χ2v) is 2.64. The molecular weight excluding hydrogens is 176 g/mol. The average Bonchev–Trinajstić information content (AvgIpc) is 1.80. The lowest BCUT2D eigenvalue weighted by atomic mass is 10.4. The smallest absolute Gasteiger partial charge is 0.275 e. The normalized spacial score (nSPS) is 10.7. The molecule has 0 aromatic heterocycles. The van der Waals surface area contributed by atoms with Gasteiger partial charge in [0.2, 0.25) is 0 Å². The molecule has 0 aliphatic heterocycles. The van der Waals surface area contributed by atoms with Crippen LogP contribution in [-0.4, -0.2) is 18.9 Å². The van der Waals surface area contributed by atoms with E-state index in [1.54, 1.807) is 0 Å². The van der Waals surface area contributed by atoms with Crippen LogP contribution >= 0.6 is 0 Å². The fraction of sp³-hybridized carbons (Fsp3) is 0.250. The lowest BCUT2D eigenvalue weighted by Crippen LogP contribution is -2.10. The first-order valence-corrected chi connectivity index (χ1v) is 3.73. The Morgan fingerprint density at radius 3 is 2.27 bits per heavy atom. The summed E-state index contributed by atoms with van der Waals surface area (Å²) >= 11 is 0. The van der Waals surface area contributed by atoms with Crippen LogP contribution in [0.2, 0.25) is 0 Å². The van der Waals surface area contributed by atoms with Crippen molar-refractivity contribution in [1.82, 2.24) is 0 Å². The molecule has 6 nitrogen and oxygen atoms in total. The Labute approximate surface area is 63.3 Å². The number of carbonyl (C=O) groups excluding carboxylic acids is 1. The van der Waals surface area contributed by atoms with Gasteiger partial charge in [-0.2, -0.15) is 8.42 Å². The van der Waals surface area contributed by atoms with Gasteiger partial charge < -0.3 is 0 Å². The molecule has 11 heavy (non-hydrogen) atoms. The van der Waals surface area contributed by atoms with Crippen LogP contribution in [0.1, 0.15) is 6.92 Å². The van der Waals surface area contributed by atoms with Gasteiger partial charge in [-0.3, -0.25) is 9.44 Å². The van der Waals surface area contributed by atoms with Gasteiger partial charge in [-0.25, -0.2) is 4.79 Å². The quantitative estimate of drug-likeness (QED) is 0.282. The zero-order valence-electron chi connectivity index (χ0n) is 5.60. The molecule has 64 valence electrons. The molecule has 0 atom stereocenters. The van der Waals surface area contributed by atoms with E-state index in [-0.39, 0.29) is 5.57 Å². The first kappa shape index (κ1) is 10.1. The van der Waals surface area contributed by atoms with Crippen molar-refractivity contribution in [2.45, 2.75) is 6.92 Å². The average molecular weight is 182 g/mol. The van der Waals surface area contributed by atoms with E-state index in [0.29, 0.717) is 0 Å². The summed E-state index contributed by atoms with van der Waals surface area (Å²) < 4.78 is 30.7. The van der Waals surface area contributed by atoms with Gasteiger partial charge in [0.1, 0.15) is 0 Å². The van der Waals surface area contributed by atoms with Gasteiger partial charge in [0.05, 0.1) is 0 Å². The predicted molar refractivity (Wildman–Crippen MR) is 33.5 cm³/mol. The second kappa shape index (κ2) is 3.46. The minimum absolute atomic E-state index is 0.0475. The maximum Gasteiger partial charge on any atom is 0.432 e. The molecule has 0 radical (unpaired) electrons. The molecule has 0 bridgehead atoms. The van der Waals surface area contributed by atoms with E-state index < -0.39 is 16.4 Å².